The number of benzene rings is 1. The van der Waals surface area contributed by atoms with Crippen LogP contribution >= 0.6 is 0 Å². The molecule has 0 aliphatic carbocycles. The van der Waals surface area contributed by atoms with Crippen LogP contribution in [0.25, 0.3) is 11.0 Å². The van der Waals surface area contributed by atoms with Gasteiger partial charge in [-0.15, -0.1) is 0 Å². The zero-order valence-corrected chi connectivity index (χ0v) is 12.2. The molecule has 1 aromatic heterocycles. The third kappa shape index (κ3) is 2.65. The third-order valence-electron chi connectivity index (χ3n) is 3.97. The molecule has 112 valence electrons. The average Bonchev–Trinajstić information content (AvgIpc) is 3.08. The molecule has 0 radical (unpaired) electrons. The van der Waals surface area contributed by atoms with Gasteiger partial charge in [-0.25, -0.2) is 9.78 Å². The number of aromatic carboxylic acids is 1. The summed E-state index contributed by atoms with van der Waals surface area (Å²) < 4.78 is 7.86. The van der Waals surface area contributed by atoms with Gasteiger partial charge in [-0.3, -0.25) is 0 Å². The number of carboxylic acid groups (broad SMARTS) is 1. The Kier molecular flexibility index (Phi) is 3.92. The van der Waals surface area contributed by atoms with Crippen molar-refractivity contribution in [1.29, 1.82) is 0 Å². The summed E-state index contributed by atoms with van der Waals surface area (Å²) in [6.45, 7) is 3.68. The Balaban J connectivity index is 2.08. The number of para-hydroxylation sites is 1. The molecule has 5 nitrogen and oxygen atoms in total. The zero-order valence-electron chi connectivity index (χ0n) is 12.2. The minimum Gasteiger partial charge on any atom is -0.478 e. The van der Waals surface area contributed by atoms with E-state index in [9.17, 15) is 9.90 Å². The van der Waals surface area contributed by atoms with Crippen LogP contribution in [-0.2, 0) is 17.7 Å². The van der Waals surface area contributed by atoms with Crippen LogP contribution in [0.4, 0.5) is 0 Å². The molecule has 1 atom stereocenters. The first-order valence-electron chi connectivity index (χ1n) is 7.53. The predicted octanol–water partition coefficient (Wildman–Crippen LogP) is 2.87. The van der Waals surface area contributed by atoms with Gasteiger partial charge in [-0.1, -0.05) is 13.0 Å². The number of aryl methyl sites for hydroxylation is 1. The van der Waals surface area contributed by atoms with Crippen molar-refractivity contribution in [3.8, 4) is 0 Å². The first kappa shape index (κ1) is 14.1. The van der Waals surface area contributed by atoms with Gasteiger partial charge in [0.25, 0.3) is 0 Å². The summed E-state index contributed by atoms with van der Waals surface area (Å²) in [7, 11) is 0. The molecule has 1 fully saturated rings. The van der Waals surface area contributed by atoms with Crippen molar-refractivity contribution < 1.29 is 14.6 Å². The number of hydrogen-bond acceptors (Lipinski definition) is 3. The number of ether oxygens (including phenoxy) is 1. The highest BCUT2D eigenvalue weighted by Gasteiger charge is 2.21. The number of nitrogens with zero attached hydrogens (tertiary/aromatic N) is 2. The van der Waals surface area contributed by atoms with Crippen molar-refractivity contribution in [3.05, 3.63) is 29.6 Å². The molecule has 1 aromatic carbocycles. The van der Waals surface area contributed by atoms with Crippen LogP contribution in [0.2, 0.25) is 0 Å². The van der Waals surface area contributed by atoms with Crippen LogP contribution in [0.1, 0.15) is 42.4 Å². The fraction of sp³-hybridized carbons (Fsp3) is 0.500. The molecule has 1 aliphatic rings. The molecule has 2 aromatic rings. The highest BCUT2D eigenvalue weighted by Crippen LogP contribution is 2.24. The molecule has 1 aliphatic heterocycles. The average molecular weight is 288 g/mol. The smallest absolute Gasteiger partial charge is 0.337 e. The molecule has 2 heterocycles. The van der Waals surface area contributed by atoms with Crippen LogP contribution in [0.3, 0.4) is 0 Å². The number of carboxylic acids is 1. The summed E-state index contributed by atoms with van der Waals surface area (Å²) >= 11 is 0. The summed E-state index contributed by atoms with van der Waals surface area (Å²) in [6.07, 6.45) is 4.20. The second kappa shape index (κ2) is 5.85. The topological polar surface area (TPSA) is 64.3 Å². The standard InChI is InChI=1S/C16H20N2O3/c1-2-5-14-17-15-12(16(19)20)7-3-8-13(15)18(14)10-11-6-4-9-21-11/h3,7-8,11H,2,4-6,9-10H2,1H3,(H,19,20). The maximum Gasteiger partial charge on any atom is 0.337 e. The number of rotatable bonds is 5. The first-order valence-corrected chi connectivity index (χ1v) is 7.53. The Labute approximate surface area is 123 Å². The van der Waals surface area contributed by atoms with Crippen LogP contribution in [0.15, 0.2) is 18.2 Å². The predicted molar refractivity (Wildman–Crippen MR) is 79.7 cm³/mol. The van der Waals surface area contributed by atoms with Crippen LogP contribution in [-0.4, -0.2) is 33.3 Å². The molecular formula is C16H20N2O3. The van der Waals surface area contributed by atoms with Gasteiger partial charge < -0.3 is 14.4 Å². The van der Waals surface area contributed by atoms with Gasteiger partial charge in [0, 0.05) is 13.0 Å². The Morgan fingerprint density at radius 3 is 3.05 bits per heavy atom. The normalized spacial score (nSPS) is 18.4. The van der Waals surface area contributed by atoms with Gasteiger partial charge in [0.2, 0.25) is 0 Å². The highest BCUT2D eigenvalue weighted by molar-refractivity contribution is 6.01. The second-order valence-electron chi connectivity index (χ2n) is 5.50. The second-order valence-corrected chi connectivity index (χ2v) is 5.50. The quantitative estimate of drug-likeness (QED) is 0.918. The van der Waals surface area contributed by atoms with Gasteiger partial charge in [-0.2, -0.15) is 0 Å². The van der Waals surface area contributed by atoms with E-state index in [1.54, 1.807) is 12.1 Å². The first-order chi connectivity index (χ1) is 10.2. The number of aromatic nitrogens is 2. The lowest BCUT2D eigenvalue weighted by Crippen LogP contribution is -2.17. The summed E-state index contributed by atoms with van der Waals surface area (Å²) in [5, 5.41) is 9.32. The molecule has 0 amide bonds. The van der Waals surface area contributed by atoms with Gasteiger partial charge in [0.1, 0.15) is 11.3 Å². The number of fused-ring (bicyclic) bond motifs is 1. The van der Waals surface area contributed by atoms with Gasteiger partial charge in [0.05, 0.1) is 23.7 Å². The molecule has 3 rings (SSSR count). The van der Waals surface area contributed by atoms with E-state index in [4.69, 9.17) is 4.74 Å². The lowest BCUT2D eigenvalue weighted by Gasteiger charge is -2.14. The molecule has 1 N–H and O–H groups in total. The van der Waals surface area contributed by atoms with E-state index in [0.29, 0.717) is 5.52 Å². The minimum absolute atomic E-state index is 0.214. The molecule has 0 bridgehead atoms. The van der Waals surface area contributed by atoms with Gasteiger partial charge in [0.15, 0.2) is 0 Å². The van der Waals surface area contributed by atoms with Crippen molar-refractivity contribution in [2.75, 3.05) is 6.61 Å². The number of imidazole rings is 1. The number of hydrogen-bond donors (Lipinski definition) is 1. The SMILES string of the molecule is CCCc1nc2c(C(=O)O)cccc2n1CC1CCCO1. The van der Waals surface area contributed by atoms with E-state index in [1.165, 1.54) is 0 Å². The lowest BCUT2D eigenvalue weighted by atomic mass is 10.2. The molecule has 1 saturated heterocycles. The van der Waals surface area contributed by atoms with E-state index in [0.717, 1.165) is 50.2 Å². The maximum absolute atomic E-state index is 11.4. The van der Waals surface area contributed by atoms with Crippen molar-refractivity contribution in [3.63, 3.8) is 0 Å². The van der Waals surface area contributed by atoms with Gasteiger partial charge >= 0.3 is 5.97 Å². The summed E-state index contributed by atoms with van der Waals surface area (Å²) in [4.78, 5) is 16.0. The Hall–Kier alpha value is -1.88. The van der Waals surface area contributed by atoms with Gasteiger partial charge in [-0.05, 0) is 31.4 Å². The van der Waals surface area contributed by atoms with E-state index in [-0.39, 0.29) is 11.7 Å². The van der Waals surface area contributed by atoms with Crippen molar-refractivity contribution in [2.45, 2.75) is 45.3 Å². The van der Waals surface area contributed by atoms with Crippen LogP contribution in [0, 0.1) is 0 Å². The fourth-order valence-electron chi connectivity index (χ4n) is 2.98. The summed E-state index contributed by atoms with van der Waals surface area (Å²) in [5.41, 5.74) is 1.76. The summed E-state index contributed by atoms with van der Waals surface area (Å²) in [6, 6.07) is 5.35. The number of carbonyl (C=O) groups is 1. The van der Waals surface area contributed by atoms with E-state index >= 15 is 0 Å². The van der Waals surface area contributed by atoms with E-state index in [1.807, 2.05) is 6.07 Å². The molecule has 21 heavy (non-hydrogen) atoms. The Morgan fingerprint density at radius 1 is 1.52 bits per heavy atom. The van der Waals surface area contributed by atoms with Crippen LogP contribution in [0.5, 0.6) is 0 Å². The van der Waals surface area contributed by atoms with Crippen molar-refractivity contribution in [1.82, 2.24) is 9.55 Å². The molecular weight excluding hydrogens is 268 g/mol. The highest BCUT2D eigenvalue weighted by atomic mass is 16.5. The van der Waals surface area contributed by atoms with E-state index in [2.05, 4.69) is 16.5 Å². The zero-order chi connectivity index (χ0) is 14.8. The Bertz CT molecular complexity index is 657. The lowest BCUT2D eigenvalue weighted by molar-refractivity contribution is 0.0699. The van der Waals surface area contributed by atoms with Crippen molar-refractivity contribution in [2.24, 2.45) is 0 Å². The molecule has 0 saturated carbocycles. The minimum atomic E-state index is -0.926. The Morgan fingerprint density at radius 2 is 2.38 bits per heavy atom. The van der Waals surface area contributed by atoms with E-state index < -0.39 is 5.97 Å². The van der Waals surface area contributed by atoms with Crippen molar-refractivity contribution >= 4 is 17.0 Å². The largest absolute Gasteiger partial charge is 0.478 e. The summed E-state index contributed by atoms with van der Waals surface area (Å²) in [5.74, 6) is 0.0297. The fourth-order valence-corrected chi connectivity index (χ4v) is 2.98. The maximum atomic E-state index is 11.4. The monoisotopic (exact) mass is 288 g/mol. The molecule has 0 spiro atoms. The molecule has 1 unspecified atom stereocenters. The molecule has 5 heteroatoms. The van der Waals surface area contributed by atoms with Crippen LogP contribution < -0.4 is 0 Å². The third-order valence-corrected chi connectivity index (χ3v) is 3.97.